The van der Waals surface area contributed by atoms with Crippen LogP contribution in [0.2, 0.25) is 0 Å². The van der Waals surface area contributed by atoms with Gasteiger partial charge >= 0.3 is 0 Å². The van der Waals surface area contributed by atoms with E-state index in [9.17, 15) is 9.59 Å². The predicted molar refractivity (Wildman–Crippen MR) is 116 cm³/mol. The Morgan fingerprint density at radius 1 is 0.933 bits per heavy atom. The van der Waals surface area contributed by atoms with Crippen molar-refractivity contribution in [3.63, 3.8) is 0 Å². The Hall–Kier alpha value is -2.42. The molecule has 6 atom stereocenters. The number of carbonyl (C=O) groups is 2. The molecule has 0 N–H and O–H groups in total. The summed E-state index contributed by atoms with van der Waals surface area (Å²) in [4.78, 5) is 27.0. The van der Waals surface area contributed by atoms with Crippen LogP contribution in [0.25, 0.3) is 0 Å². The van der Waals surface area contributed by atoms with Gasteiger partial charge in [0.1, 0.15) is 18.3 Å². The zero-order valence-corrected chi connectivity index (χ0v) is 18.1. The van der Waals surface area contributed by atoms with Crippen molar-refractivity contribution in [2.75, 3.05) is 0 Å². The summed E-state index contributed by atoms with van der Waals surface area (Å²) >= 11 is 0. The van der Waals surface area contributed by atoms with Crippen molar-refractivity contribution < 1.29 is 14.3 Å². The van der Waals surface area contributed by atoms with E-state index in [2.05, 4.69) is 6.92 Å². The molecule has 4 fully saturated rings. The molecule has 0 saturated heterocycles. The van der Waals surface area contributed by atoms with E-state index in [0.29, 0.717) is 24.4 Å². The Morgan fingerprint density at radius 2 is 1.60 bits per heavy atom. The van der Waals surface area contributed by atoms with Crippen LogP contribution in [0.3, 0.4) is 0 Å². The Bertz CT molecular complexity index is 969. The first-order valence-electron chi connectivity index (χ1n) is 11.3. The summed E-state index contributed by atoms with van der Waals surface area (Å²) in [6.45, 7) is 6.80. The highest BCUT2D eigenvalue weighted by Crippen LogP contribution is 2.58. The molecule has 0 radical (unpaired) electrons. The van der Waals surface area contributed by atoms with Crippen LogP contribution in [0.5, 0.6) is 5.75 Å². The van der Waals surface area contributed by atoms with Crippen molar-refractivity contribution in [3.8, 4) is 5.75 Å². The molecule has 0 aliphatic heterocycles. The van der Waals surface area contributed by atoms with Crippen molar-refractivity contribution in [3.05, 3.63) is 64.7 Å². The van der Waals surface area contributed by atoms with Gasteiger partial charge in [-0.25, -0.2) is 0 Å². The minimum absolute atomic E-state index is 0.0368. The highest BCUT2D eigenvalue weighted by Gasteiger charge is 2.60. The third kappa shape index (κ3) is 3.02. The average Bonchev–Trinajstić information content (AvgIpc) is 3.00. The largest absolute Gasteiger partial charge is 0.489 e. The second kappa shape index (κ2) is 7.37. The number of hydrogen-bond acceptors (Lipinski definition) is 3. The Morgan fingerprint density at radius 3 is 2.27 bits per heavy atom. The average molecular weight is 403 g/mol. The van der Waals surface area contributed by atoms with E-state index in [1.807, 2.05) is 56.3 Å². The number of benzene rings is 2. The van der Waals surface area contributed by atoms with Crippen LogP contribution in [0, 0.1) is 43.4 Å². The van der Waals surface area contributed by atoms with Crippen LogP contribution >= 0.6 is 0 Å². The van der Waals surface area contributed by atoms with E-state index in [0.717, 1.165) is 47.3 Å². The van der Waals surface area contributed by atoms with E-state index in [1.165, 1.54) is 0 Å². The van der Waals surface area contributed by atoms with E-state index < -0.39 is 5.92 Å². The maximum Gasteiger partial charge on any atom is 0.151 e. The van der Waals surface area contributed by atoms with Gasteiger partial charge < -0.3 is 4.74 Å². The third-order valence-electron chi connectivity index (χ3n) is 7.96. The van der Waals surface area contributed by atoms with E-state index >= 15 is 0 Å². The van der Waals surface area contributed by atoms with E-state index in [4.69, 9.17) is 4.74 Å². The molecule has 0 spiro atoms. The minimum atomic E-state index is -0.573. The van der Waals surface area contributed by atoms with Gasteiger partial charge in [0.25, 0.3) is 0 Å². The normalized spacial score (nSPS) is 32.4. The number of ether oxygens (including phenoxy) is 1. The Labute approximate surface area is 178 Å². The fourth-order valence-corrected chi connectivity index (χ4v) is 6.70. The third-order valence-corrected chi connectivity index (χ3v) is 7.96. The number of ketones is 2. The number of fused-ring (bicyclic) bond motifs is 2. The fourth-order valence-electron chi connectivity index (χ4n) is 6.70. The molecule has 4 aliphatic rings. The van der Waals surface area contributed by atoms with Gasteiger partial charge in [-0.05, 0) is 85.3 Å². The van der Waals surface area contributed by atoms with Crippen molar-refractivity contribution >= 4 is 11.6 Å². The number of hydrogen-bond donors (Lipinski definition) is 0. The molecule has 3 heteroatoms. The van der Waals surface area contributed by atoms with Gasteiger partial charge in [-0.1, -0.05) is 37.3 Å². The monoisotopic (exact) mass is 402 g/mol. The highest BCUT2D eigenvalue weighted by atomic mass is 16.5. The molecule has 2 aromatic rings. The van der Waals surface area contributed by atoms with Crippen LogP contribution < -0.4 is 4.74 Å². The summed E-state index contributed by atoms with van der Waals surface area (Å²) in [7, 11) is 0. The molecule has 0 amide bonds. The molecule has 3 nitrogen and oxygen atoms in total. The Kier molecular flexibility index (Phi) is 4.80. The van der Waals surface area contributed by atoms with E-state index in [1.54, 1.807) is 0 Å². The number of Topliss-reactive ketones (excluding diaryl/α,β-unsaturated/α-hetero) is 2. The Balaban J connectivity index is 1.43. The zero-order valence-electron chi connectivity index (χ0n) is 18.1. The highest BCUT2D eigenvalue weighted by molar-refractivity contribution is 6.16. The lowest BCUT2D eigenvalue weighted by Crippen LogP contribution is -2.45. The smallest absolute Gasteiger partial charge is 0.151 e. The maximum absolute atomic E-state index is 13.5. The standard InChI is InChI=1S/C27H30O3/c1-15-11-19-9-10-21(15)24-23(19)26(28)25(27(24)29)22-16(2)12-20(13-17(22)3)30-14-18-7-5-4-6-8-18/h4-8,12-13,15,19,21,23-25H,9-11,14H2,1-3H3. The molecule has 2 bridgehead atoms. The maximum atomic E-state index is 13.5. The first-order valence-corrected chi connectivity index (χ1v) is 11.3. The molecule has 156 valence electrons. The lowest BCUT2D eigenvalue weighted by atomic mass is 9.55. The fraction of sp³-hybridized carbons (Fsp3) is 0.481. The second-order valence-electron chi connectivity index (χ2n) is 9.75. The molecule has 0 aromatic heterocycles. The summed E-state index contributed by atoms with van der Waals surface area (Å²) in [5.74, 6) is 1.89. The molecule has 0 heterocycles. The van der Waals surface area contributed by atoms with Gasteiger partial charge in [-0.15, -0.1) is 0 Å². The van der Waals surface area contributed by atoms with Gasteiger partial charge in [-0.3, -0.25) is 9.59 Å². The van der Waals surface area contributed by atoms with Gasteiger partial charge in [0, 0.05) is 11.8 Å². The van der Waals surface area contributed by atoms with Crippen LogP contribution in [-0.4, -0.2) is 11.6 Å². The van der Waals surface area contributed by atoms with Crippen molar-refractivity contribution in [1.29, 1.82) is 0 Å². The molecule has 2 aromatic carbocycles. The van der Waals surface area contributed by atoms with Crippen LogP contribution in [0.1, 0.15) is 54.4 Å². The molecule has 6 rings (SSSR count). The van der Waals surface area contributed by atoms with Crippen molar-refractivity contribution in [2.45, 2.75) is 52.6 Å². The molecule has 30 heavy (non-hydrogen) atoms. The molecular weight excluding hydrogens is 372 g/mol. The number of aryl methyl sites for hydroxylation is 2. The first kappa shape index (κ1) is 19.5. The summed E-state index contributed by atoms with van der Waals surface area (Å²) in [5.41, 5.74) is 4.03. The van der Waals surface area contributed by atoms with E-state index in [-0.39, 0.29) is 23.4 Å². The first-order chi connectivity index (χ1) is 14.5. The predicted octanol–water partition coefficient (Wildman–Crippen LogP) is 5.42. The molecule has 4 saturated carbocycles. The quantitative estimate of drug-likeness (QED) is 0.642. The zero-order chi connectivity index (χ0) is 21.0. The summed E-state index contributed by atoms with van der Waals surface area (Å²) in [6, 6.07) is 14.1. The summed E-state index contributed by atoms with van der Waals surface area (Å²) in [5, 5.41) is 0. The van der Waals surface area contributed by atoms with Crippen molar-refractivity contribution in [2.24, 2.45) is 29.6 Å². The summed E-state index contributed by atoms with van der Waals surface area (Å²) < 4.78 is 6.01. The van der Waals surface area contributed by atoms with Gasteiger partial charge in [0.05, 0.1) is 0 Å². The SMILES string of the molecule is Cc1cc(OCc2ccccc2)cc(C)c1C1C(=O)C2C3CCC(C(C)C3)C2C1=O. The van der Waals surface area contributed by atoms with Crippen LogP contribution in [0.15, 0.2) is 42.5 Å². The minimum Gasteiger partial charge on any atom is -0.489 e. The summed E-state index contributed by atoms with van der Waals surface area (Å²) in [6.07, 6.45) is 3.34. The topological polar surface area (TPSA) is 43.4 Å². The van der Waals surface area contributed by atoms with Crippen LogP contribution in [0.4, 0.5) is 0 Å². The number of rotatable bonds is 4. The molecule has 4 aliphatic carbocycles. The van der Waals surface area contributed by atoms with Crippen molar-refractivity contribution in [1.82, 2.24) is 0 Å². The second-order valence-corrected chi connectivity index (χ2v) is 9.75. The lowest BCUT2D eigenvalue weighted by Gasteiger charge is -2.47. The number of carbonyl (C=O) groups excluding carboxylic acids is 2. The van der Waals surface area contributed by atoms with Gasteiger partial charge in [0.15, 0.2) is 11.6 Å². The van der Waals surface area contributed by atoms with Crippen LogP contribution in [-0.2, 0) is 16.2 Å². The van der Waals surface area contributed by atoms with Gasteiger partial charge in [0.2, 0.25) is 0 Å². The van der Waals surface area contributed by atoms with Gasteiger partial charge in [-0.2, -0.15) is 0 Å². The molecule has 6 unspecified atom stereocenters. The molecular formula is C27H30O3. The lowest BCUT2D eigenvalue weighted by molar-refractivity contribution is -0.132.